The third kappa shape index (κ3) is 3.94. The number of hydrogen-bond acceptors (Lipinski definition) is 3. The van der Waals surface area contributed by atoms with Crippen molar-refractivity contribution in [3.05, 3.63) is 52.4 Å². The van der Waals surface area contributed by atoms with Crippen molar-refractivity contribution < 1.29 is 0 Å². The van der Waals surface area contributed by atoms with Crippen molar-refractivity contribution >= 4 is 17.4 Å². The molecule has 1 aromatic carbocycles. The summed E-state index contributed by atoms with van der Waals surface area (Å²) in [5.74, 6) is 0.861. The minimum atomic E-state index is 0.555. The fourth-order valence-electron chi connectivity index (χ4n) is 2.21. The summed E-state index contributed by atoms with van der Waals surface area (Å²) in [7, 11) is 0. The summed E-state index contributed by atoms with van der Waals surface area (Å²) in [6, 6.07) is 8.56. The first-order chi connectivity index (χ1) is 9.70. The van der Waals surface area contributed by atoms with Crippen LogP contribution in [0.4, 0.5) is 5.82 Å². The molecule has 1 N–H and O–H groups in total. The maximum Gasteiger partial charge on any atom is 0.137 e. The Morgan fingerprint density at radius 3 is 2.80 bits per heavy atom. The van der Waals surface area contributed by atoms with E-state index < -0.39 is 0 Å². The Kier molecular flexibility index (Phi) is 5.36. The molecule has 106 valence electrons. The maximum absolute atomic E-state index is 6.13. The Morgan fingerprint density at radius 1 is 1.20 bits per heavy atom. The zero-order valence-corrected chi connectivity index (χ0v) is 12.7. The van der Waals surface area contributed by atoms with Gasteiger partial charge < -0.3 is 5.32 Å². The van der Waals surface area contributed by atoms with Gasteiger partial charge >= 0.3 is 0 Å². The van der Waals surface area contributed by atoms with Crippen molar-refractivity contribution in [2.24, 2.45) is 0 Å². The monoisotopic (exact) mass is 289 g/mol. The molecule has 0 atom stereocenters. The van der Waals surface area contributed by atoms with Gasteiger partial charge in [-0.25, -0.2) is 9.97 Å². The average Bonchev–Trinajstić information content (AvgIpc) is 2.42. The van der Waals surface area contributed by atoms with Gasteiger partial charge in [0.25, 0.3) is 0 Å². The summed E-state index contributed by atoms with van der Waals surface area (Å²) in [5, 5.41) is 3.93. The van der Waals surface area contributed by atoms with Crippen LogP contribution in [0.25, 0.3) is 0 Å². The molecule has 2 aromatic rings. The van der Waals surface area contributed by atoms with Crippen LogP contribution in [0.2, 0.25) is 5.15 Å². The van der Waals surface area contributed by atoms with Crippen LogP contribution in [0, 0.1) is 6.92 Å². The lowest BCUT2D eigenvalue weighted by molar-refractivity contribution is 0.893. The highest BCUT2D eigenvalue weighted by Crippen LogP contribution is 2.21. The molecule has 1 aromatic heterocycles. The predicted molar refractivity (Wildman–Crippen MR) is 84.4 cm³/mol. The van der Waals surface area contributed by atoms with E-state index in [2.05, 4.69) is 53.4 Å². The van der Waals surface area contributed by atoms with E-state index in [0.29, 0.717) is 5.15 Å². The Bertz CT molecular complexity index is 569. The SMILES string of the molecule is CCCc1c(Cl)ncnc1NCCc1cccc(C)c1. The van der Waals surface area contributed by atoms with Gasteiger partial charge in [0, 0.05) is 12.1 Å². The van der Waals surface area contributed by atoms with E-state index in [1.807, 2.05) is 0 Å². The molecule has 1 heterocycles. The van der Waals surface area contributed by atoms with E-state index in [-0.39, 0.29) is 0 Å². The average molecular weight is 290 g/mol. The van der Waals surface area contributed by atoms with Crippen molar-refractivity contribution in [3.8, 4) is 0 Å². The number of hydrogen-bond donors (Lipinski definition) is 1. The second-order valence-electron chi connectivity index (χ2n) is 4.91. The van der Waals surface area contributed by atoms with Gasteiger partial charge in [0.1, 0.15) is 17.3 Å². The van der Waals surface area contributed by atoms with E-state index in [4.69, 9.17) is 11.6 Å². The smallest absolute Gasteiger partial charge is 0.137 e. The van der Waals surface area contributed by atoms with Crippen molar-refractivity contribution in [2.75, 3.05) is 11.9 Å². The molecule has 0 aliphatic carbocycles. The van der Waals surface area contributed by atoms with Gasteiger partial charge in [-0.1, -0.05) is 54.8 Å². The lowest BCUT2D eigenvalue weighted by Gasteiger charge is -2.11. The van der Waals surface area contributed by atoms with Crippen LogP contribution in [0.3, 0.4) is 0 Å². The molecule has 2 rings (SSSR count). The van der Waals surface area contributed by atoms with Crippen LogP contribution < -0.4 is 5.32 Å². The number of aromatic nitrogens is 2. The Morgan fingerprint density at radius 2 is 2.05 bits per heavy atom. The fourth-order valence-corrected chi connectivity index (χ4v) is 2.44. The molecule has 4 heteroatoms. The molecule has 0 aliphatic heterocycles. The highest BCUT2D eigenvalue weighted by atomic mass is 35.5. The molecule has 0 radical (unpaired) electrons. The van der Waals surface area contributed by atoms with Crippen LogP contribution >= 0.6 is 11.6 Å². The second-order valence-corrected chi connectivity index (χ2v) is 5.27. The molecule has 0 fully saturated rings. The van der Waals surface area contributed by atoms with Gasteiger partial charge in [0.2, 0.25) is 0 Å². The Balaban J connectivity index is 1.99. The number of nitrogens with one attached hydrogen (secondary N) is 1. The third-order valence-electron chi connectivity index (χ3n) is 3.18. The first kappa shape index (κ1) is 14.8. The normalized spacial score (nSPS) is 10.6. The third-order valence-corrected chi connectivity index (χ3v) is 3.51. The summed E-state index contributed by atoms with van der Waals surface area (Å²) in [6.45, 7) is 5.08. The Labute approximate surface area is 125 Å². The van der Waals surface area contributed by atoms with E-state index in [1.54, 1.807) is 0 Å². The number of aryl methyl sites for hydroxylation is 1. The molecule has 0 aliphatic rings. The van der Waals surface area contributed by atoms with Crippen LogP contribution in [0.5, 0.6) is 0 Å². The molecular formula is C16H20ClN3. The molecule has 0 spiro atoms. The first-order valence-corrected chi connectivity index (χ1v) is 7.37. The summed E-state index contributed by atoms with van der Waals surface area (Å²) < 4.78 is 0. The minimum Gasteiger partial charge on any atom is -0.369 e. The molecule has 3 nitrogen and oxygen atoms in total. The lowest BCUT2D eigenvalue weighted by Crippen LogP contribution is -2.09. The van der Waals surface area contributed by atoms with Gasteiger partial charge in [0.15, 0.2) is 0 Å². The zero-order chi connectivity index (χ0) is 14.4. The number of rotatable bonds is 6. The number of benzene rings is 1. The van der Waals surface area contributed by atoms with Crippen LogP contribution in [0.1, 0.15) is 30.0 Å². The Hall–Kier alpha value is -1.61. The topological polar surface area (TPSA) is 37.8 Å². The number of anilines is 1. The molecular weight excluding hydrogens is 270 g/mol. The van der Waals surface area contributed by atoms with E-state index >= 15 is 0 Å². The van der Waals surface area contributed by atoms with Gasteiger partial charge in [-0.3, -0.25) is 0 Å². The molecule has 0 saturated heterocycles. The van der Waals surface area contributed by atoms with Crippen molar-refractivity contribution in [1.82, 2.24) is 9.97 Å². The maximum atomic E-state index is 6.13. The molecule has 0 amide bonds. The molecule has 0 unspecified atom stereocenters. The summed E-state index contributed by atoms with van der Waals surface area (Å²) >= 11 is 6.13. The van der Waals surface area contributed by atoms with E-state index in [0.717, 1.165) is 37.2 Å². The quantitative estimate of drug-likeness (QED) is 0.816. The van der Waals surface area contributed by atoms with Crippen molar-refractivity contribution in [1.29, 1.82) is 0 Å². The number of halogens is 1. The summed E-state index contributed by atoms with van der Waals surface area (Å²) in [4.78, 5) is 8.35. The highest BCUT2D eigenvalue weighted by molar-refractivity contribution is 6.30. The van der Waals surface area contributed by atoms with E-state index in [9.17, 15) is 0 Å². The van der Waals surface area contributed by atoms with Gasteiger partial charge in [-0.05, 0) is 25.3 Å². The minimum absolute atomic E-state index is 0.555. The summed E-state index contributed by atoms with van der Waals surface area (Å²) in [6.07, 6.45) is 4.40. The van der Waals surface area contributed by atoms with Crippen LogP contribution in [0.15, 0.2) is 30.6 Å². The van der Waals surface area contributed by atoms with Crippen LogP contribution in [-0.2, 0) is 12.8 Å². The molecule has 0 bridgehead atoms. The molecule has 0 saturated carbocycles. The molecule has 20 heavy (non-hydrogen) atoms. The second kappa shape index (κ2) is 7.25. The number of nitrogens with zero attached hydrogens (tertiary/aromatic N) is 2. The fraction of sp³-hybridized carbons (Fsp3) is 0.375. The van der Waals surface area contributed by atoms with Crippen molar-refractivity contribution in [2.45, 2.75) is 33.1 Å². The summed E-state index contributed by atoms with van der Waals surface area (Å²) in [5.41, 5.74) is 3.63. The standard InChI is InChI=1S/C16H20ClN3/c1-3-5-14-15(17)19-11-20-16(14)18-9-8-13-7-4-6-12(2)10-13/h4,6-7,10-11H,3,5,8-9H2,1-2H3,(H,18,19,20). The van der Waals surface area contributed by atoms with E-state index in [1.165, 1.54) is 17.5 Å². The predicted octanol–water partition coefficient (Wildman–Crippen LogP) is 4.05. The highest BCUT2D eigenvalue weighted by Gasteiger charge is 2.08. The lowest BCUT2D eigenvalue weighted by atomic mass is 10.1. The van der Waals surface area contributed by atoms with Gasteiger partial charge in [-0.15, -0.1) is 0 Å². The first-order valence-electron chi connectivity index (χ1n) is 6.99. The van der Waals surface area contributed by atoms with Gasteiger partial charge in [-0.2, -0.15) is 0 Å². The van der Waals surface area contributed by atoms with Gasteiger partial charge in [0.05, 0.1) is 0 Å². The largest absolute Gasteiger partial charge is 0.369 e. The zero-order valence-electron chi connectivity index (χ0n) is 12.0. The van der Waals surface area contributed by atoms with Crippen molar-refractivity contribution in [3.63, 3.8) is 0 Å². The van der Waals surface area contributed by atoms with Crippen LogP contribution in [-0.4, -0.2) is 16.5 Å².